The van der Waals surface area contributed by atoms with Crippen LogP contribution >= 0.6 is 15.9 Å². The van der Waals surface area contributed by atoms with Crippen molar-refractivity contribution >= 4 is 21.8 Å². The summed E-state index contributed by atoms with van der Waals surface area (Å²) in [7, 11) is 0. The van der Waals surface area contributed by atoms with Gasteiger partial charge in [-0.15, -0.1) is 0 Å². The summed E-state index contributed by atoms with van der Waals surface area (Å²) in [5, 5.41) is 11.4. The van der Waals surface area contributed by atoms with Crippen molar-refractivity contribution in [3.63, 3.8) is 0 Å². The molecule has 0 spiro atoms. The highest BCUT2D eigenvalue weighted by atomic mass is 79.9. The molecule has 0 radical (unpaired) electrons. The maximum absolute atomic E-state index is 13.1. The summed E-state index contributed by atoms with van der Waals surface area (Å²) in [6.07, 6.45) is -1.61. The molecule has 0 saturated carbocycles. The van der Waals surface area contributed by atoms with Gasteiger partial charge < -0.3 is 5.11 Å². The van der Waals surface area contributed by atoms with Gasteiger partial charge >= 0.3 is 6.18 Å². The molecule has 2 aromatic rings. The van der Waals surface area contributed by atoms with Gasteiger partial charge in [-0.3, -0.25) is 15.2 Å². The van der Waals surface area contributed by atoms with Crippen molar-refractivity contribution in [3.05, 3.63) is 76.2 Å². The van der Waals surface area contributed by atoms with Crippen molar-refractivity contribution in [3.8, 4) is 0 Å². The van der Waals surface area contributed by atoms with Crippen LogP contribution in [0.25, 0.3) is 0 Å². The van der Waals surface area contributed by atoms with E-state index in [-0.39, 0.29) is 11.1 Å². The number of aliphatic hydroxyl groups is 1. The second-order valence-electron chi connectivity index (χ2n) is 5.29. The Balaban J connectivity index is 2.07. The average Bonchev–Trinajstić information content (AvgIpc) is 2.94. The van der Waals surface area contributed by atoms with Gasteiger partial charge in [0, 0.05) is 34.1 Å². The maximum atomic E-state index is 13.1. The normalized spacial score (nSPS) is 20.2. The molecule has 1 aromatic heterocycles. The van der Waals surface area contributed by atoms with Crippen LogP contribution in [0.2, 0.25) is 0 Å². The van der Waals surface area contributed by atoms with Gasteiger partial charge in [0.2, 0.25) is 5.72 Å². The highest BCUT2D eigenvalue weighted by molar-refractivity contribution is 9.10. The lowest BCUT2D eigenvalue weighted by Gasteiger charge is -2.32. The summed E-state index contributed by atoms with van der Waals surface area (Å²) in [5.41, 5.74) is -1.49. The topological polar surface area (TPSA) is 65.5 Å². The number of hydrogen-bond acceptors (Lipinski definition) is 4. The molecule has 25 heavy (non-hydrogen) atoms. The summed E-state index contributed by atoms with van der Waals surface area (Å²) in [6, 6.07) is 8.94. The third-order valence-electron chi connectivity index (χ3n) is 3.59. The number of hydrazine groups is 1. The number of hydrogen-bond donors (Lipinski definition) is 2. The standard InChI is InChI=1S/C16H11BrF3N3O2/c17-12-5-1-3-10(7-12)14(24)23-15(25,11-4-2-6-21-9-11)8-13(22-23)16(18,19)20/h1-9,22,25H. The monoisotopic (exact) mass is 413 g/mol. The van der Waals surface area contributed by atoms with Crippen LogP contribution in [0.5, 0.6) is 0 Å². The molecule has 1 aromatic carbocycles. The molecule has 1 atom stereocenters. The molecule has 1 unspecified atom stereocenters. The number of halogens is 4. The average molecular weight is 414 g/mol. The number of nitrogens with one attached hydrogen (secondary N) is 1. The van der Waals surface area contributed by atoms with Crippen LogP contribution in [0.4, 0.5) is 13.2 Å². The number of carbonyl (C=O) groups is 1. The van der Waals surface area contributed by atoms with E-state index in [0.717, 1.165) is 0 Å². The van der Waals surface area contributed by atoms with E-state index in [9.17, 15) is 23.1 Å². The first-order valence-electron chi connectivity index (χ1n) is 7.01. The number of benzene rings is 1. The highest BCUT2D eigenvalue weighted by Crippen LogP contribution is 2.38. The van der Waals surface area contributed by atoms with E-state index in [4.69, 9.17) is 0 Å². The van der Waals surface area contributed by atoms with Gasteiger partial charge in [-0.25, -0.2) is 5.01 Å². The fourth-order valence-electron chi connectivity index (χ4n) is 2.40. The first-order valence-corrected chi connectivity index (χ1v) is 7.81. The molecule has 2 N–H and O–H groups in total. The molecule has 0 aliphatic carbocycles. The van der Waals surface area contributed by atoms with Gasteiger partial charge in [-0.05, 0) is 24.3 Å². The first-order chi connectivity index (χ1) is 11.7. The minimum absolute atomic E-state index is 0.0186. The SMILES string of the molecule is O=C(c1cccc(Br)c1)N1NC(C(F)(F)F)=CC1(O)c1cccnc1. The Kier molecular flexibility index (Phi) is 4.29. The van der Waals surface area contributed by atoms with E-state index < -0.39 is 23.5 Å². The molecule has 0 saturated heterocycles. The quantitative estimate of drug-likeness (QED) is 0.793. The number of carbonyl (C=O) groups excluding carboxylic acids is 1. The highest BCUT2D eigenvalue weighted by Gasteiger charge is 2.50. The van der Waals surface area contributed by atoms with Gasteiger partial charge in [0.15, 0.2) is 0 Å². The fourth-order valence-corrected chi connectivity index (χ4v) is 2.80. The molecule has 0 fully saturated rings. The van der Waals surface area contributed by atoms with Crippen molar-refractivity contribution in [2.45, 2.75) is 11.9 Å². The summed E-state index contributed by atoms with van der Waals surface area (Å²) < 4.78 is 39.9. The fraction of sp³-hybridized carbons (Fsp3) is 0.125. The lowest BCUT2D eigenvalue weighted by Crippen LogP contribution is -2.51. The van der Waals surface area contributed by atoms with Gasteiger partial charge in [-0.2, -0.15) is 13.2 Å². The molecule has 9 heteroatoms. The Morgan fingerprint density at radius 2 is 2.04 bits per heavy atom. The number of aromatic nitrogens is 1. The molecule has 3 rings (SSSR count). The largest absolute Gasteiger partial charge is 0.432 e. The Hall–Kier alpha value is -2.39. The number of rotatable bonds is 2. The molecule has 1 amide bonds. The van der Waals surface area contributed by atoms with E-state index >= 15 is 0 Å². The zero-order valence-electron chi connectivity index (χ0n) is 12.5. The second kappa shape index (κ2) is 6.16. The van der Waals surface area contributed by atoms with Crippen LogP contribution in [-0.4, -0.2) is 27.2 Å². The third kappa shape index (κ3) is 3.24. The van der Waals surface area contributed by atoms with Crippen molar-refractivity contribution in [1.82, 2.24) is 15.4 Å². The van der Waals surface area contributed by atoms with Crippen molar-refractivity contribution in [2.24, 2.45) is 0 Å². The van der Waals surface area contributed by atoms with Crippen LogP contribution in [0, 0.1) is 0 Å². The summed E-state index contributed by atoms with van der Waals surface area (Å²) >= 11 is 3.20. The number of allylic oxidation sites excluding steroid dienone is 1. The zero-order chi connectivity index (χ0) is 18.2. The van der Waals surface area contributed by atoms with E-state index in [1.165, 1.54) is 36.7 Å². The van der Waals surface area contributed by atoms with Crippen LogP contribution in [0.3, 0.4) is 0 Å². The van der Waals surface area contributed by atoms with Crippen LogP contribution < -0.4 is 5.43 Å². The zero-order valence-corrected chi connectivity index (χ0v) is 14.0. The van der Waals surface area contributed by atoms with E-state index in [0.29, 0.717) is 15.6 Å². The van der Waals surface area contributed by atoms with Gasteiger partial charge in [0.1, 0.15) is 5.70 Å². The molecular weight excluding hydrogens is 403 g/mol. The number of pyridine rings is 1. The Morgan fingerprint density at radius 3 is 2.64 bits per heavy atom. The Morgan fingerprint density at radius 1 is 1.28 bits per heavy atom. The van der Waals surface area contributed by atoms with Crippen LogP contribution in [0.1, 0.15) is 15.9 Å². The molecule has 0 bridgehead atoms. The Bertz CT molecular complexity index is 842. The summed E-state index contributed by atoms with van der Waals surface area (Å²) in [4.78, 5) is 16.5. The van der Waals surface area contributed by atoms with Gasteiger partial charge in [-0.1, -0.05) is 28.1 Å². The molecule has 5 nitrogen and oxygen atoms in total. The number of amides is 1. The number of alkyl halides is 3. The smallest absolute Gasteiger partial charge is 0.362 e. The van der Waals surface area contributed by atoms with Gasteiger partial charge in [0.25, 0.3) is 5.91 Å². The maximum Gasteiger partial charge on any atom is 0.432 e. The van der Waals surface area contributed by atoms with Crippen LogP contribution in [0.15, 0.2) is 65.0 Å². The van der Waals surface area contributed by atoms with E-state index in [1.807, 2.05) is 5.43 Å². The second-order valence-corrected chi connectivity index (χ2v) is 6.20. The minimum Gasteiger partial charge on any atom is -0.362 e. The lowest BCUT2D eigenvalue weighted by molar-refractivity contribution is -0.104. The van der Waals surface area contributed by atoms with Crippen molar-refractivity contribution in [1.29, 1.82) is 0 Å². The van der Waals surface area contributed by atoms with E-state index in [2.05, 4.69) is 20.9 Å². The van der Waals surface area contributed by atoms with Crippen molar-refractivity contribution in [2.75, 3.05) is 0 Å². The summed E-state index contributed by atoms with van der Waals surface area (Å²) in [6.45, 7) is 0. The third-order valence-corrected chi connectivity index (χ3v) is 4.08. The van der Waals surface area contributed by atoms with Crippen molar-refractivity contribution < 1.29 is 23.1 Å². The predicted octanol–water partition coefficient (Wildman–Crippen LogP) is 3.10. The van der Waals surface area contributed by atoms with Crippen LogP contribution in [-0.2, 0) is 5.72 Å². The number of nitrogens with zero attached hydrogens (tertiary/aromatic N) is 2. The lowest BCUT2D eigenvalue weighted by atomic mass is 10.0. The Labute approximate surface area is 148 Å². The first kappa shape index (κ1) is 17.4. The molecular formula is C16H11BrF3N3O2. The molecule has 2 heterocycles. The molecule has 130 valence electrons. The van der Waals surface area contributed by atoms with Gasteiger partial charge in [0.05, 0.1) is 0 Å². The minimum atomic E-state index is -4.76. The predicted molar refractivity (Wildman–Crippen MR) is 85.7 cm³/mol. The molecule has 1 aliphatic heterocycles. The van der Waals surface area contributed by atoms with E-state index in [1.54, 1.807) is 12.1 Å². The molecule has 1 aliphatic rings. The summed E-state index contributed by atoms with van der Waals surface area (Å²) in [5.74, 6) is -0.830.